The maximum absolute atomic E-state index is 2.37. The Kier molecular flexibility index (Phi) is 3.39. The molecule has 3 heteroatoms. The van der Waals surface area contributed by atoms with Gasteiger partial charge >= 0.3 is 44.6 Å². The van der Waals surface area contributed by atoms with Crippen molar-refractivity contribution in [2.75, 3.05) is 0 Å². The zero-order valence-electron chi connectivity index (χ0n) is 3.00. The Balaban J connectivity index is 2.80. The average molecular weight is 165 g/mol. The molecule has 0 saturated heterocycles. The van der Waals surface area contributed by atoms with Gasteiger partial charge in [-0.1, -0.05) is 0 Å². The molecule has 0 fully saturated rings. The van der Waals surface area contributed by atoms with Crippen LogP contribution in [0.2, 0.25) is 6.55 Å². The molecular weight excluding hydrogens is 159 g/mol. The number of hydrogen-bond donors (Lipinski definition) is 0. The molecule has 0 spiro atoms. The Morgan fingerprint density at radius 1 is 2.00 bits per heavy atom. The van der Waals surface area contributed by atoms with E-state index < -0.39 is 0 Å². The molecular formula is CH6Si2Zr+2. The fourth-order valence-corrected chi connectivity index (χ4v) is 0. The van der Waals surface area contributed by atoms with Crippen LogP contribution in [0, 0.1) is 0 Å². The summed E-state index contributed by atoms with van der Waals surface area (Å²) in [5, 5.41) is 0. The standard InChI is InChI=1S/CH6Si2.Zr/c1-3-2;/h1-2H3;/q;+2. The molecule has 0 heterocycles. The van der Waals surface area contributed by atoms with Crippen molar-refractivity contribution >= 4 is 14.7 Å². The van der Waals surface area contributed by atoms with Crippen molar-refractivity contribution < 1.29 is 23.3 Å². The van der Waals surface area contributed by atoms with Crippen molar-refractivity contribution in [2.45, 2.75) is 6.55 Å². The minimum absolute atomic E-state index is 0.349. The second kappa shape index (κ2) is 2.55. The Bertz CT molecular complexity index is 29.0. The SMILES string of the molecule is C[Si]([SiH3])=[Zr+2]. The summed E-state index contributed by atoms with van der Waals surface area (Å²) in [6, 6.07) is 0. The number of rotatable bonds is 0. The second-order valence-corrected chi connectivity index (χ2v) is 22.2. The Labute approximate surface area is 44.6 Å². The molecule has 0 N–H and O–H groups in total. The first-order valence-electron chi connectivity index (χ1n) is 1.25. The van der Waals surface area contributed by atoms with E-state index in [-0.39, 0.29) is 0 Å². The molecule has 0 amide bonds. The van der Waals surface area contributed by atoms with Gasteiger partial charge in [0, 0.05) is 0 Å². The molecule has 0 nitrogen and oxygen atoms in total. The van der Waals surface area contributed by atoms with Crippen LogP contribution in [0.4, 0.5) is 0 Å². The van der Waals surface area contributed by atoms with Gasteiger partial charge < -0.3 is 0 Å². The summed E-state index contributed by atoms with van der Waals surface area (Å²) < 4.78 is 0. The van der Waals surface area contributed by atoms with Crippen LogP contribution in [0.3, 0.4) is 0 Å². The fourth-order valence-electron chi connectivity index (χ4n) is 0. The Morgan fingerprint density at radius 2 is 2.00 bits per heavy atom. The molecule has 0 bridgehead atoms. The fraction of sp³-hybridized carbons (Fsp3) is 1.00. The summed E-state index contributed by atoms with van der Waals surface area (Å²) in [4.78, 5) is 0.349. The van der Waals surface area contributed by atoms with Gasteiger partial charge in [0.2, 0.25) is 0 Å². The van der Waals surface area contributed by atoms with Crippen molar-refractivity contribution in [3.8, 4) is 0 Å². The van der Waals surface area contributed by atoms with Crippen molar-refractivity contribution in [1.82, 2.24) is 0 Å². The molecule has 0 saturated carbocycles. The zero-order valence-corrected chi connectivity index (χ0v) is 8.46. The van der Waals surface area contributed by atoms with E-state index in [2.05, 4.69) is 6.55 Å². The molecule has 0 aromatic rings. The van der Waals surface area contributed by atoms with E-state index in [1.807, 2.05) is 0 Å². The minimum atomic E-state index is 0.349. The van der Waals surface area contributed by atoms with Gasteiger partial charge in [-0.15, -0.1) is 0 Å². The van der Waals surface area contributed by atoms with Crippen molar-refractivity contribution in [1.29, 1.82) is 0 Å². The first kappa shape index (κ1) is 5.32. The Morgan fingerprint density at radius 3 is 2.00 bits per heavy atom. The van der Waals surface area contributed by atoms with E-state index in [0.717, 1.165) is 0 Å². The second-order valence-electron chi connectivity index (χ2n) is 1.00. The van der Waals surface area contributed by atoms with Crippen molar-refractivity contribution in [2.24, 2.45) is 0 Å². The zero-order chi connectivity index (χ0) is 3.58. The van der Waals surface area contributed by atoms with Crippen LogP contribution in [-0.4, -0.2) is 14.7 Å². The maximum atomic E-state index is 2.37. The predicted molar refractivity (Wildman–Crippen MR) is 21.6 cm³/mol. The van der Waals surface area contributed by atoms with Crippen LogP contribution in [0.15, 0.2) is 0 Å². The van der Waals surface area contributed by atoms with Gasteiger partial charge in [0.1, 0.15) is 0 Å². The van der Waals surface area contributed by atoms with Crippen molar-refractivity contribution in [3.05, 3.63) is 0 Å². The van der Waals surface area contributed by atoms with Gasteiger partial charge in [-0.05, 0) is 0 Å². The molecule has 0 aliphatic carbocycles. The van der Waals surface area contributed by atoms with Crippen LogP contribution < -0.4 is 0 Å². The normalized spacial score (nSPS) is 7.75. The molecule has 0 atom stereocenters. The quantitative estimate of drug-likeness (QED) is 0.405. The monoisotopic (exact) mass is 164 g/mol. The van der Waals surface area contributed by atoms with Gasteiger partial charge in [-0.2, -0.15) is 0 Å². The summed E-state index contributed by atoms with van der Waals surface area (Å²) >= 11 is 1.80. The van der Waals surface area contributed by atoms with Crippen LogP contribution >= 0.6 is 0 Å². The first-order valence-corrected chi connectivity index (χ1v) is 10.4. The van der Waals surface area contributed by atoms with Crippen molar-refractivity contribution in [3.63, 3.8) is 0 Å². The van der Waals surface area contributed by atoms with Crippen LogP contribution in [-0.2, 0) is 23.3 Å². The van der Waals surface area contributed by atoms with Crippen LogP contribution in [0.1, 0.15) is 0 Å². The molecule has 4 heavy (non-hydrogen) atoms. The van der Waals surface area contributed by atoms with E-state index in [9.17, 15) is 0 Å². The summed E-state index contributed by atoms with van der Waals surface area (Å²) in [7, 11) is 1.49. The predicted octanol–water partition coefficient (Wildman–Crippen LogP) is -0.983. The summed E-state index contributed by atoms with van der Waals surface area (Å²) in [5.74, 6) is 0. The summed E-state index contributed by atoms with van der Waals surface area (Å²) in [6.45, 7) is 2.37. The first-order chi connectivity index (χ1) is 1.73. The van der Waals surface area contributed by atoms with Gasteiger partial charge in [0.05, 0.1) is 0 Å². The molecule has 20 valence electrons. The van der Waals surface area contributed by atoms with Gasteiger partial charge in [-0.25, -0.2) is 0 Å². The summed E-state index contributed by atoms with van der Waals surface area (Å²) in [5.41, 5.74) is 0. The molecule has 0 aromatic heterocycles. The molecule has 0 radical (unpaired) electrons. The third-order valence-corrected chi connectivity index (χ3v) is 0. The van der Waals surface area contributed by atoms with Gasteiger partial charge in [0.15, 0.2) is 0 Å². The van der Waals surface area contributed by atoms with E-state index in [0.29, 0.717) is 4.95 Å². The topological polar surface area (TPSA) is 0 Å². The van der Waals surface area contributed by atoms with Gasteiger partial charge in [0.25, 0.3) is 0 Å². The van der Waals surface area contributed by atoms with Gasteiger partial charge in [-0.3, -0.25) is 0 Å². The molecule has 0 rings (SSSR count). The van der Waals surface area contributed by atoms with E-state index in [1.54, 1.807) is 23.3 Å². The van der Waals surface area contributed by atoms with E-state index in [4.69, 9.17) is 0 Å². The van der Waals surface area contributed by atoms with E-state index >= 15 is 0 Å². The molecule has 0 aliphatic heterocycles. The van der Waals surface area contributed by atoms with E-state index in [1.165, 1.54) is 9.76 Å². The Hall–Kier alpha value is 1.32. The van der Waals surface area contributed by atoms with Crippen LogP contribution in [0.25, 0.3) is 0 Å². The third kappa shape index (κ3) is 10.3. The molecule has 0 unspecified atom stereocenters. The van der Waals surface area contributed by atoms with Crippen LogP contribution in [0.5, 0.6) is 0 Å². The molecule has 0 aliphatic rings. The third-order valence-electron chi connectivity index (χ3n) is 0. The summed E-state index contributed by atoms with van der Waals surface area (Å²) in [6.07, 6.45) is 0. The molecule has 0 aromatic carbocycles. The number of hydrogen-bond acceptors (Lipinski definition) is 0. The average Bonchev–Trinajstić information content (AvgIpc) is 0.811.